The van der Waals surface area contributed by atoms with Crippen molar-refractivity contribution in [3.8, 4) is 17.4 Å². The molecule has 0 atom stereocenters. The summed E-state index contributed by atoms with van der Waals surface area (Å²) in [6, 6.07) is 5.44. The molecular weight excluding hydrogens is 414 g/mol. The van der Waals surface area contributed by atoms with Crippen molar-refractivity contribution in [3.63, 3.8) is 0 Å². The van der Waals surface area contributed by atoms with Crippen LogP contribution in [0.5, 0.6) is 17.4 Å². The van der Waals surface area contributed by atoms with E-state index in [2.05, 4.69) is 10.2 Å². The van der Waals surface area contributed by atoms with Crippen molar-refractivity contribution < 1.29 is 24.5 Å². The lowest BCUT2D eigenvalue weighted by Crippen LogP contribution is -2.03. The van der Waals surface area contributed by atoms with E-state index in [9.17, 15) is 9.90 Å². The van der Waals surface area contributed by atoms with Crippen molar-refractivity contribution in [3.05, 3.63) is 38.2 Å². The Kier molecular flexibility index (Phi) is 6.45. The lowest BCUT2D eigenvalue weighted by molar-refractivity contribution is -0.137. The van der Waals surface area contributed by atoms with Gasteiger partial charge >= 0.3 is 5.97 Å². The molecule has 29 heavy (non-hydrogen) atoms. The Morgan fingerprint density at radius 2 is 2.07 bits per heavy atom. The van der Waals surface area contributed by atoms with Crippen LogP contribution in [0.4, 0.5) is 0 Å². The van der Waals surface area contributed by atoms with E-state index in [0.29, 0.717) is 44.6 Å². The smallest absolute Gasteiger partial charge is 0.303 e. The van der Waals surface area contributed by atoms with E-state index >= 15 is 0 Å². The van der Waals surface area contributed by atoms with Gasteiger partial charge in [-0.1, -0.05) is 0 Å². The minimum absolute atomic E-state index is 0.00449. The number of thiazole rings is 1. The van der Waals surface area contributed by atoms with E-state index in [1.54, 1.807) is 38.6 Å². The third-order valence-corrected chi connectivity index (χ3v) is 5.62. The number of hydrogen-bond donors (Lipinski definition) is 2. The van der Waals surface area contributed by atoms with Crippen molar-refractivity contribution in [2.75, 3.05) is 14.2 Å². The summed E-state index contributed by atoms with van der Waals surface area (Å²) in [6.07, 6.45) is 3.75. The van der Waals surface area contributed by atoms with Gasteiger partial charge in [0.2, 0.25) is 5.88 Å². The highest BCUT2D eigenvalue weighted by atomic mass is 32.1. The highest BCUT2D eigenvalue weighted by Gasteiger charge is 2.18. The number of benzene rings is 1. The van der Waals surface area contributed by atoms with Crippen LogP contribution in [-0.2, 0) is 11.3 Å². The fourth-order valence-electron chi connectivity index (χ4n) is 2.82. The molecule has 0 saturated heterocycles. The first-order chi connectivity index (χ1) is 13.9. The first-order valence-electron chi connectivity index (χ1n) is 8.64. The number of aromatic nitrogens is 1. The Labute approximate surface area is 176 Å². The standard InChI is InChI=1S/C19H19N3O5S2/c1-26-13-6-5-11(8-14(13)27-2)17-12(10-20-21-17)9-15-18(25)22(19(28)29-15)7-3-4-16(23)24/h5-6,8-10,25H,3-4,7H2,1-2H3,(H,23,24)/b12-9+. The van der Waals surface area contributed by atoms with Gasteiger partial charge in [-0.05, 0) is 42.9 Å². The van der Waals surface area contributed by atoms with Gasteiger partial charge in [0.1, 0.15) is 5.71 Å². The maximum absolute atomic E-state index is 10.7. The average Bonchev–Trinajstić information content (AvgIpc) is 3.27. The molecule has 0 unspecified atom stereocenters. The van der Waals surface area contributed by atoms with E-state index < -0.39 is 5.97 Å². The maximum Gasteiger partial charge on any atom is 0.303 e. The molecule has 0 bridgehead atoms. The van der Waals surface area contributed by atoms with Crippen LogP contribution >= 0.6 is 23.6 Å². The third-order valence-electron chi connectivity index (χ3n) is 4.24. The van der Waals surface area contributed by atoms with Crippen LogP contribution in [0.15, 0.2) is 34.0 Å². The summed E-state index contributed by atoms with van der Waals surface area (Å²) in [5.41, 5.74) is 2.12. The van der Waals surface area contributed by atoms with Crippen molar-refractivity contribution in [2.45, 2.75) is 19.4 Å². The second kappa shape index (κ2) is 9.01. The molecule has 8 nitrogen and oxygen atoms in total. The molecular formula is C19H19N3O5S2. The van der Waals surface area contributed by atoms with Crippen molar-refractivity contribution in [1.29, 1.82) is 0 Å². The first-order valence-corrected chi connectivity index (χ1v) is 9.87. The molecule has 0 radical (unpaired) electrons. The molecule has 0 aliphatic carbocycles. The van der Waals surface area contributed by atoms with Crippen LogP contribution < -0.4 is 9.47 Å². The van der Waals surface area contributed by atoms with Gasteiger partial charge in [0, 0.05) is 24.1 Å². The summed E-state index contributed by atoms with van der Waals surface area (Å²) in [6.45, 7) is 0.335. The van der Waals surface area contributed by atoms with Crippen molar-refractivity contribution in [2.24, 2.45) is 10.2 Å². The zero-order valence-electron chi connectivity index (χ0n) is 15.8. The normalized spacial score (nSPS) is 14.3. The minimum atomic E-state index is -0.883. The molecule has 0 fully saturated rings. The van der Waals surface area contributed by atoms with Crippen LogP contribution in [0.25, 0.3) is 6.08 Å². The zero-order valence-corrected chi connectivity index (χ0v) is 17.4. The first kappa shape index (κ1) is 20.7. The number of methoxy groups -OCH3 is 2. The van der Waals surface area contributed by atoms with Crippen molar-refractivity contribution in [1.82, 2.24) is 4.57 Å². The number of carbonyl (C=O) groups is 1. The van der Waals surface area contributed by atoms with Gasteiger partial charge in [0.25, 0.3) is 0 Å². The van der Waals surface area contributed by atoms with E-state index in [1.165, 1.54) is 15.9 Å². The van der Waals surface area contributed by atoms with Gasteiger partial charge in [-0.3, -0.25) is 9.36 Å². The summed E-state index contributed by atoms with van der Waals surface area (Å²) in [7, 11) is 3.12. The number of allylic oxidation sites excluding steroid dienone is 1. The average molecular weight is 434 g/mol. The van der Waals surface area contributed by atoms with Crippen LogP contribution in [0.3, 0.4) is 0 Å². The Balaban J connectivity index is 1.89. The number of rotatable bonds is 8. The molecule has 2 aromatic rings. The fraction of sp³-hybridized carbons (Fsp3) is 0.263. The Hall–Kier alpha value is -2.98. The van der Waals surface area contributed by atoms with Gasteiger partial charge < -0.3 is 19.7 Å². The van der Waals surface area contributed by atoms with Crippen LogP contribution in [-0.4, -0.2) is 46.9 Å². The summed E-state index contributed by atoms with van der Waals surface area (Å²) >= 11 is 6.55. The summed E-state index contributed by atoms with van der Waals surface area (Å²) in [5, 5.41) is 27.5. The van der Waals surface area contributed by atoms with Crippen LogP contribution in [0.2, 0.25) is 0 Å². The largest absolute Gasteiger partial charge is 0.493 e. The van der Waals surface area contributed by atoms with Gasteiger partial charge in [-0.2, -0.15) is 5.10 Å². The van der Waals surface area contributed by atoms with Crippen LogP contribution in [0.1, 0.15) is 23.3 Å². The molecule has 152 valence electrons. The Morgan fingerprint density at radius 3 is 2.76 bits per heavy atom. The minimum Gasteiger partial charge on any atom is -0.493 e. The molecule has 0 spiro atoms. The number of nitrogens with zero attached hydrogens (tertiary/aromatic N) is 3. The van der Waals surface area contributed by atoms with E-state index in [1.807, 2.05) is 6.07 Å². The molecule has 10 heteroatoms. The van der Waals surface area contributed by atoms with Gasteiger partial charge in [0.15, 0.2) is 15.5 Å². The Morgan fingerprint density at radius 1 is 1.31 bits per heavy atom. The topological polar surface area (TPSA) is 106 Å². The van der Waals surface area contributed by atoms with E-state index in [4.69, 9.17) is 26.8 Å². The molecule has 1 aliphatic heterocycles. The van der Waals surface area contributed by atoms with Crippen molar-refractivity contribution >= 4 is 47.5 Å². The van der Waals surface area contributed by atoms with E-state index in [0.717, 1.165) is 5.56 Å². The number of carboxylic acids is 1. The molecule has 0 saturated carbocycles. The van der Waals surface area contributed by atoms with Gasteiger partial charge in [0.05, 0.1) is 25.3 Å². The lowest BCUT2D eigenvalue weighted by atomic mass is 10.0. The highest BCUT2D eigenvalue weighted by Crippen LogP contribution is 2.32. The molecule has 1 aromatic carbocycles. The zero-order chi connectivity index (χ0) is 21.0. The summed E-state index contributed by atoms with van der Waals surface area (Å²) in [4.78, 5) is 11.3. The molecule has 2 heterocycles. The van der Waals surface area contributed by atoms with Gasteiger partial charge in [-0.15, -0.1) is 16.4 Å². The summed E-state index contributed by atoms with van der Waals surface area (Å²) < 4.78 is 12.6. The second-order valence-corrected chi connectivity index (χ2v) is 7.74. The van der Waals surface area contributed by atoms with Gasteiger partial charge in [-0.25, -0.2) is 0 Å². The highest BCUT2D eigenvalue weighted by molar-refractivity contribution is 7.73. The number of aliphatic carboxylic acids is 1. The number of ether oxygens (including phenoxy) is 2. The molecule has 1 aromatic heterocycles. The monoisotopic (exact) mass is 433 g/mol. The van der Waals surface area contributed by atoms with Crippen LogP contribution in [0, 0.1) is 3.95 Å². The fourth-order valence-corrected chi connectivity index (χ4v) is 4.13. The quantitative estimate of drug-likeness (QED) is 0.615. The summed E-state index contributed by atoms with van der Waals surface area (Å²) in [5.74, 6) is 0.300. The number of hydrogen-bond acceptors (Lipinski definition) is 8. The number of aromatic hydroxyl groups is 1. The Bertz CT molecular complexity index is 1080. The third kappa shape index (κ3) is 4.54. The molecule has 1 aliphatic rings. The SMILES string of the molecule is COc1ccc(C2=NN=C/C2=C\c2sc(=S)n(CCCC(=O)O)c2O)cc1OC. The lowest BCUT2D eigenvalue weighted by Gasteiger charge is -2.09. The molecule has 0 amide bonds. The molecule has 3 rings (SSSR count). The predicted octanol–water partition coefficient (Wildman–Crippen LogP) is 3.74. The second-order valence-electron chi connectivity index (χ2n) is 6.07. The predicted molar refractivity (Wildman–Crippen MR) is 114 cm³/mol. The molecule has 2 N–H and O–H groups in total. The maximum atomic E-state index is 10.7. The van der Waals surface area contributed by atoms with E-state index in [-0.39, 0.29) is 12.3 Å². The number of carboxylic acid groups (broad SMARTS) is 1.